The monoisotopic (exact) mass is 325 g/mol. The van der Waals surface area contributed by atoms with Gasteiger partial charge in [-0.3, -0.25) is 9.59 Å². The summed E-state index contributed by atoms with van der Waals surface area (Å²) < 4.78 is 23.9. The minimum Gasteiger partial charge on any atom is -0.481 e. The van der Waals surface area contributed by atoms with Crippen molar-refractivity contribution in [3.8, 4) is 5.75 Å². The Bertz CT molecular complexity index is 579. The summed E-state index contributed by atoms with van der Waals surface area (Å²) in [6.07, 6.45) is -0.701. The molecule has 0 aromatic heterocycles. The Labute approximate surface area is 133 Å². The lowest BCUT2D eigenvalue weighted by Gasteiger charge is -2.26. The number of benzene rings is 1. The summed E-state index contributed by atoms with van der Waals surface area (Å²) in [6, 6.07) is 5.10. The maximum Gasteiger partial charge on any atom is 0.305 e. The van der Waals surface area contributed by atoms with E-state index in [1.54, 1.807) is 13.0 Å². The molecule has 0 bridgehead atoms. The van der Waals surface area contributed by atoms with Gasteiger partial charge in [0.1, 0.15) is 11.6 Å². The van der Waals surface area contributed by atoms with Crippen LogP contribution < -0.4 is 4.74 Å². The fraction of sp³-hybridized carbons (Fsp3) is 0.500. The summed E-state index contributed by atoms with van der Waals surface area (Å²) in [7, 11) is 1.53. The summed E-state index contributed by atoms with van der Waals surface area (Å²) in [5, 5.41) is 8.99. The van der Waals surface area contributed by atoms with E-state index in [1.807, 2.05) is 0 Å². The fourth-order valence-corrected chi connectivity index (χ4v) is 2.74. The highest BCUT2D eigenvalue weighted by atomic mass is 19.1. The van der Waals surface area contributed by atoms with Gasteiger partial charge in [-0.15, -0.1) is 0 Å². The molecule has 1 aliphatic rings. The SMILES string of the molecule is COC1CC(CC(=O)O)N(C(=O)C(C)Oc2cccc(F)c2)C1. The van der Waals surface area contributed by atoms with Crippen LogP contribution in [0.4, 0.5) is 4.39 Å². The number of halogens is 1. The number of carboxylic acids is 1. The number of carboxylic acid groups (broad SMARTS) is 1. The zero-order valence-corrected chi connectivity index (χ0v) is 13.1. The van der Waals surface area contributed by atoms with Crippen molar-refractivity contribution in [1.82, 2.24) is 4.90 Å². The second-order valence-electron chi connectivity index (χ2n) is 5.55. The van der Waals surface area contributed by atoms with Crippen molar-refractivity contribution in [2.75, 3.05) is 13.7 Å². The summed E-state index contributed by atoms with van der Waals surface area (Å²) >= 11 is 0. The van der Waals surface area contributed by atoms with E-state index in [2.05, 4.69) is 0 Å². The average molecular weight is 325 g/mol. The van der Waals surface area contributed by atoms with E-state index in [0.29, 0.717) is 13.0 Å². The minimum atomic E-state index is -0.969. The average Bonchev–Trinajstić information content (AvgIpc) is 2.88. The van der Waals surface area contributed by atoms with Crippen LogP contribution in [0.15, 0.2) is 24.3 Å². The molecule has 6 nitrogen and oxygen atoms in total. The Morgan fingerprint density at radius 1 is 1.48 bits per heavy atom. The van der Waals surface area contributed by atoms with Crippen LogP contribution in [0.25, 0.3) is 0 Å². The number of hydrogen-bond acceptors (Lipinski definition) is 4. The van der Waals surface area contributed by atoms with Crippen molar-refractivity contribution in [1.29, 1.82) is 0 Å². The van der Waals surface area contributed by atoms with Gasteiger partial charge in [-0.2, -0.15) is 0 Å². The molecular weight excluding hydrogens is 305 g/mol. The molecule has 1 N–H and O–H groups in total. The molecule has 7 heteroatoms. The molecule has 23 heavy (non-hydrogen) atoms. The molecule has 1 saturated heterocycles. The Morgan fingerprint density at radius 3 is 2.83 bits per heavy atom. The third kappa shape index (κ3) is 4.41. The molecule has 3 unspecified atom stereocenters. The van der Waals surface area contributed by atoms with Crippen LogP contribution in [0.5, 0.6) is 5.75 Å². The number of methoxy groups -OCH3 is 1. The normalized spacial score (nSPS) is 22.0. The van der Waals surface area contributed by atoms with Gasteiger partial charge in [0.25, 0.3) is 5.91 Å². The van der Waals surface area contributed by atoms with Crippen LogP contribution in [-0.4, -0.2) is 53.8 Å². The number of likely N-dealkylation sites (tertiary alicyclic amines) is 1. The molecule has 126 valence electrons. The number of amides is 1. The molecule has 2 rings (SSSR count). The van der Waals surface area contributed by atoms with E-state index in [-0.39, 0.29) is 24.2 Å². The standard InChI is InChI=1S/C16H20FNO5/c1-10(23-13-5-3-4-11(17)6-13)16(21)18-9-14(22-2)7-12(18)8-15(19)20/h3-6,10,12,14H,7-9H2,1-2H3,(H,19,20). The first-order valence-corrected chi connectivity index (χ1v) is 7.38. The van der Waals surface area contributed by atoms with E-state index in [9.17, 15) is 14.0 Å². The quantitative estimate of drug-likeness (QED) is 0.861. The van der Waals surface area contributed by atoms with Crippen LogP contribution in [-0.2, 0) is 14.3 Å². The van der Waals surface area contributed by atoms with Gasteiger partial charge in [-0.05, 0) is 25.5 Å². The zero-order valence-electron chi connectivity index (χ0n) is 13.1. The molecule has 0 saturated carbocycles. The first-order chi connectivity index (χ1) is 10.9. The lowest BCUT2D eigenvalue weighted by atomic mass is 10.1. The Balaban J connectivity index is 2.05. The van der Waals surface area contributed by atoms with Crippen molar-refractivity contribution >= 4 is 11.9 Å². The number of ether oxygens (including phenoxy) is 2. The minimum absolute atomic E-state index is 0.141. The van der Waals surface area contributed by atoms with E-state index in [0.717, 1.165) is 0 Å². The third-order valence-electron chi connectivity index (χ3n) is 3.86. The van der Waals surface area contributed by atoms with E-state index in [4.69, 9.17) is 14.6 Å². The number of nitrogens with zero attached hydrogens (tertiary/aromatic N) is 1. The number of aliphatic carboxylic acids is 1. The number of carbonyl (C=O) groups is 2. The van der Waals surface area contributed by atoms with Crippen LogP contribution in [0, 0.1) is 5.82 Å². The largest absolute Gasteiger partial charge is 0.481 e. The maximum atomic E-state index is 13.2. The van der Waals surface area contributed by atoms with E-state index < -0.39 is 23.9 Å². The molecule has 0 spiro atoms. The van der Waals surface area contributed by atoms with Crippen LogP contribution in [0.1, 0.15) is 19.8 Å². The molecule has 3 atom stereocenters. The van der Waals surface area contributed by atoms with Gasteiger partial charge in [0.2, 0.25) is 0 Å². The van der Waals surface area contributed by atoms with Crippen molar-refractivity contribution in [3.63, 3.8) is 0 Å². The first kappa shape index (κ1) is 17.2. The van der Waals surface area contributed by atoms with Gasteiger partial charge in [-0.25, -0.2) is 4.39 Å². The highest BCUT2D eigenvalue weighted by molar-refractivity contribution is 5.82. The molecular formula is C16H20FNO5. The van der Waals surface area contributed by atoms with Gasteiger partial charge < -0.3 is 19.5 Å². The molecule has 1 aromatic carbocycles. The van der Waals surface area contributed by atoms with Gasteiger partial charge in [0, 0.05) is 25.8 Å². The van der Waals surface area contributed by atoms with Gasteiger partial charge in [0.15, 0.2) is 6.10 Å². The van der Waals surface area contributed by atoms with Gasteiger partial charge in [0.05, 0.1) is 12.5 Å². The van der Waals surface area contributed by atoms with Crippen LogP contribution in [0.3, 0.4) is 0 Å². The Morgan fingerprint density at radius 2 is 2.22 bits per heavy atom. The first-order valence-electron chi connectivity index (χ1n) is 7.38. The lowest BCUT2D eigenvalue weighted by Crippen LogP contribution is -2.44. The molecule has 1 heterocycles. The predicted octanol–water partition coefficient (Wildman–Crippen LogP) is 1.68. The highest BCUT2D eigenvalue weighted by Crippen LogP contribution is 2.24. The van der Waals surface area contributed by atoms with Crippen molar-refractivity contribution in [2.45, 2.75) is 38.0 Å². The van der Waals surface area contributed by atoms with Crippen LogP contribution >= 0.6 is 0 Å². The molecule has 1 aliphatic heterocycles. The van der Waals surface area contributed by atoms with Gasteiger partial charge >= 0.3 is 5.97 Å². The Hall–Kier alpha value is -2.15. The summed E-state index contributed by atoms with van der Waals surface area (Å²) in [6.45, 7) is 1.88. The Kier molecular flexibility index (Phi) is 5.54. The summed E-state index contributed by atoms with van der Waals surface area (Å²) in [4.78, 5) is 25.0. The maximum absolute atomic E-state index is 13.2. The number of carbonyl (C=O) groups excluding carboxylic acids is 1. The van der Waals surface area contributed by atoms with E-state index in [1.165, 1.54) is 30.2 Å². The predicted molar refractivity (Wildman–Crippen MR) is 79.7 cm³/mol. The number of rotatable bonds is 6. The highest BCUT2D eigenvalue weighted by Gasteiger charge is 2.38. The van der Waals surface area contributed by atoms with Crippen molar-refractivity contribution in [3.05, 3.63) is 30.1 Å². The summed E-state index contributed by atoms with van der Waals surface area (Å²) in [5.74, 6) is -1.50. The van der Waals surface area contributed by atoms with Crippen LogP contribution in [0.2, 0.25) is 0 Å². The zero-order chi connectivity index (χ0) is 17.0. The summed E-state index contributed by atoms with van der Waals surface area (Å²) in [5.41, 5.74) is 0. The molecule has 0 aliphatic carbocycles. The third-order valence-corrected chi connectivity index (χ3v) is 3.86. The molecule has 1 fully saturated rings. The molecule has 0 radical (unpaired) electrons. The fourth-order valence-electron chi connectivity index (χ4n) is 2.74. The second-order valence-corrected chi connectivity index (χ2v) is 5.55. The molecule has 1 aromatic rings. The van der Waals surface area contributed by atoms with E-state index >= 15 is 0 Å². The molecule has 1 amide bonds. The topological polar surface area (TPSA) is 76.1 Å². The lowest BCUT2D eigenvalue weighted by molar-refractivity contribution is -0.142. The number of hydrogen-bond donors (Lipinski definition) is 1. The van der Waals surface area contributed by atoms with Gasteiger partial charge in [-0.1, -0.05) is 6.07 Å². The van der Waals surface area contributed by atoms with Crippen molar-refractivity contribution < 1.29 is 28.6 Å². The second kappa shape index (κ2) is 7.41. The smallest absolute Gasteiger partial charge is 0.305 e. The van der Waals surface area contributed by atoms with Crippen molar-refractivity contribution in [2.24, 2.45) is 0 Å².